The molecule has 19 heavy (non-hydrogen) atoms. The van der Waals surface area contributed by atoms with Gasteiger partial charge in [0.25, 0.3) is 5.91 Å². The van der Waals surface area contributed by atoms with Crippen LogP contribution in [0.5, 0.6) is 5.75 Å². The van der Waals surface area contributed by atoms with Gasteiger partial charge in [-0.3, -0.25) is 4.79 Å². The minimum atomic E-state index is -0.838. The molecule has 1 fully saturated rings. The lowest BCUT2D eigenvalue weighted by atomic mass is 10.2. The SMILES string of the molecule is NCc1cc(F)c(OCC(=O)N2CCCC2)c(F)c1. The predicted molar refractivity (Wildman–Crippen MR) is 65.6 cm³/mol. The maximum atomic E-state index is 13.6. The molecule has 1 aliphatic heterocycles. The highest BCUT2D eigenvalue weighted by Gasteiger charge is 2.20. The summed E-state index contributed by atoms with van der Waals surface area (Å²) in [6.07, 6.45) is 1.92. The summed E-state index contributed by atoms with van der Waals surface area (Å²) in [4.78, 5) is 13.3. The Bertz CT molecular complexity index is 451. The zero-order valence-corrected chi connectivity index (χ0v) is 10.5. The molecule has 1 amide bonds. The van der Waals surface area contributed by atoms with Crippen LogP contribution < -0.4 is 10.5 Å². The molecule has 1 aliphatic rings. The maximum Gasteiger partial charge on any atom is 0.260 e. The van der Waals surface area contributed by atoms with E-state index in [1.807, 2.05) is 0 Å². The van der Waals surface area contributed by atoms with Crippen molar-refractivity contribution >= 4 is 5.91 Å². The molecule has 1 aromatic rings. The smallest absolute Gasteiger partial charge is 0.260 e. The molecule has 2 rings (SSSR count). The molecule has 0 aromatic heterocycles. The number of nitrogens with two attached hydrogens (primary N) is 1. The van der Waals surface area contributed by atoms with Crippen molar-refractivity contribution in [2.24, 2.45) is 5.73 Å². The third kappa shape index (κ3) is 3.20. The van der Waals surface area contributed by atoms with Crippen LogP contribution in [0.2, 0.25) is 0 Å². The van der Waals surface area contributed by atoms with Crippen LogP contribution in [0.25, 0.3) is 0 Å². The van der Waals surface area contributed by atoms with Gasteiger partial charge in [-0.2, -0.15) is 0 Å². The fourth-order valence-electron chi connectivity index (χ4n) is 2.06. The molecule has 0 aliphatic carbocycles. The van der Waals surface area contributed by atoms with Gasteiger partial charge < -0.3 is 15.4 Å². The van der Waals surface area contributed by atoms with Crippen molar-refractivity contribution in [3.63, 3.8) is 0 Å². The summed E-state index contributed by atoms with van der Waals surface area (Å²) in [6.45, 7) is 1.05. The first kappa shape index (κ1) is 13.7. The zero-order valence-electron chi connectivity index (χ0n) is 10.5. The second-order valence-electron chi connectivity index (χ2n) is 4.47. The van der Waals surface area contributed by atoms with Crippen LogP contribution in [0.4, 0.5) is 8.78 Å². The molecule has 0 atom stereocenters. The van der Waals surface area contributed by atoms with E-state index in [9.17, 15) is 13.6 Å². The van der Waals surface area contributed by atoms with Crippen LogP contribution in [0.3, 0.4) is 0 Å². The van der Waals surface area contributed by atoms with Crippen molar-refractivity contribution in [2.75, 3.05) is 19.7 Å². The van der Waals surface area contributed by atoms with Gasteiger partial charge in [-0.05, 0) is 30.5 Å². The zero-order chi connectivity index (χ0) is 13.8. The first-order valence-corrected chi connectivity index (χ1v) is 6.20. The summed E-state index contributed by atoms with van der Waals surface area (Å²) in [5.41, 5.74) is 5.65. The highest BCUT2D eigenvalue weighted by molar-refractivity contribution is 5.78. The van der Waals surface area contributed by atoms with E-state index < -0.39 is 17.4 Å². The summed E-state index contributed by atoms with van der Waals surface area (Å²) in [5, 5.41) is 0. The number of carbonyl (C=O) groups is 1. The molecule has 2 N–H and O–H groups in total. The minimum absolute atomic E-state index is 0.0425. The number of amides is 1. The molecule has 1 saturated heterocycles. The third-order valence-corrected chi connectivity index (χ3v) is 3.09. The van der Waals surface area contributed by atoms with Crippen LogP contribution in [0, 0.1) is 11.6 Å². The van der Waals surface area contributed by atoms with Crippen molar-refractivity contribution in [3.05, 3.63) is 29.3 Å². The highest BCUT2D eigenvalue weighted by atomic mass is 19.1. The van der Waals surface area contributed by atoms with Gasteiger partial charge in [0.05, 0.1) is 0 Å². The van der Waals surface area contributed by atoms with Crippen molar-refractivity contribution in [2.45, 2.75) is 19.4 Å². The number of hydrogen-bond acceptors (Lipinski definition) is 3. The number of ether oxygens (including phenoxy) is 1. The molecule has 6 heteroatoms. The van der Waals surface area contributed by atoms with Gasteiger partial charge in [-0.25, -0.2) is 8.78 Å². The molecule has 0 radical (unpaired) electrons. The summed E-state index contributed by atoms with van der Waals surface area (Å²) >= 11 is 0. The summed E-state index contributed by atoms with van der Waals surface area (Å²) in [6, 6.07) is 2.22. The lowest BCUT2D eigenvalue weighted by molar-refractivity contribution is -0.132. The van der Waals surface area contributed by atoms with E-state index in [2.05, 4.69) is 0 Å². The number of halogens is 2. The molecule has 0 spiro atoms. The van der Waals surface area contributed by atoms with E-state index in [0.29, 0.717) is 18.7 Å². The second kappa shape index (κ2) is 5.97. The quantitative estimate of drug-likeness (QED) is 0.900. The molecule has 0 bridgehead atoms. The Morgan fingerprint density at radius 1 is 1.26 bits per heavy atom. The number of rotatable bonds is 4. The molecule has 1 heterocycles. The fourth-order valence-corrected chi connectivity index (χ4v) is 2.06. The van der Waals surface area contributed by atoms with E-state index in [4.69, 9.17) is 10.5 Å². The number of hydrogen-bond donors (Lipinski definition) is 1. The average molecular weight is 270 g/mol. The van der Waals surface area contributed by atoms with Gasteiger partial charge >= 0.3 is 0 Å². The van der Waals surface area contributed by atoms with Crippen molar-refractivity contribution < 1.29 is 18.3 Å². The van der Waals surface area contributed by atoms with E-state index in [0.717, 1.165) is 25.0 Å². The van der Waals surface area contributed by atoms with Crippen LogP contribution in [-0.2, 0) is 11.3 Å². The maximum absolute atomic E-state index is 13.6. The van der Waals surface area contributed by atoms with E-state index in [1.54, 1.807) is 4.90 Å². The van der Waals surface area contributed by atoms with Gasteiger partial charge in [-0.15, -0.1) is 0 Å². The second-order valence-corrected chi connectivity index (χ2v) is 4.47. The van der Waals surface area contributed by atoms with Gasteiger partial charge in [-0.1, -0.05) is 0 Å². The first-order valence-electron chi connectivity index (χ1n) is 6.20. The lowest BCUT2D eigenvalue weighted by Gasteiger charge is -2.16. The summed E-state index contributed by atoms with van der Waals surface area (Å²) < 4.78 is 32.1. The Labute approximate surface area is 110 Å². The highest BCUT2D eigenvalue weighted by Crippen LogP contribution is 2.23. The largest absolute Gasteiger partial charge is 0.478 e. The molecule has 0 saturated carbocycles. The number of carbonyl (C=O) groups excluding carboxylic acids is 1. The van der Waals surface area contributed by atoms with Crippen LogP contribution in [0.1, 0.15) is 18.4 Å². The lowest BCUT2D eigenvalue weighted by Crippen LogP contribution is -2.32. The van der Waals surface area contributed by atoms with E-state index in [1.165, 1.54) is 0 Å². The number of benzene rings is 1. The fraction of sp³-hybridized carbons (Fsp3) is 0.462. The predicted octanol–water partition coefficient (Wildman–Crippen LogP) is 1.42. The third-order valence-electron chi connectivity index (χ3n) is 3.09. The monoisotopic (exact) mass is 270 g/mol. The number of nitrogens with zero attached hydrogens (tertiary/aromatic N) is 1. The van der Waals surface area contributed by atoms with Gasteiger partial charge in [0, 0.05) is 19.6 Å². The van der Waals surface area contributed by atoms with Crippen LogP contribution >= 0.6 is 0 Å². The van der Waals surface area contributed by atoms with Gasteiger partial charge in [0.2, 0.25) is 0 Å². The summed E-state index contributed by atoms with van der Waals surface area (Å²) in [7, 11) is 0. The normalized spacial score (nSPS) is 14.8. The number of likely N-dealkylation sites (tertiary alicyclic amines) is 1. The molecule has 1 aromatic carbocycles. The van der Waals surface area contributed by atoms with Crippen molar-refractivity contribution in [3.8, 4) is 5.75 Å². The molecular weight excluding hydrogens is 254 g/mol. The van der Waals surface area contributed by atoms with Gasteiger partial charge in [0.1, 0.15) is 0 Å². The minimum Gasteiger partial charge on any atom is -0.478 e. The topological polar surface area (TPSA) is 55.6 Å². The Balaban J connectivity index is 2.01. The molecule has 104 valence electrons. The standard InChI is InChI=1S/C13H16F2N2O2/c14-10-5-9(7-16)6-11(15)13(10)19-8-12(18)17-3-1-2-4-17/h5-6H,1-4,7-8,16H2. The molecule has 4 nitrogen and oxygen atoms in total. The van der Waals surface area contributed by atoms with Gasteiger partial charge in [0.15, 0.2) is 24.0 Å². The van der Waals surface area contributed by atoms with Crippen LogP contribution in [-0.4, -0.2) is 30.5 Å². The van der Waals surface area contributed by atoms with E-state index in [-0.39, 0.29) is 19.1 Å². The Morgan fingerprint density at radius 2 is 1.84 bits per heavy atom. The Hall–Kier alpha value is -1.69. The van der Waals surface area contributed by atoms with Crippen LogP contribution in [0.15, 0.2) is 12.1 Å². The Morgan fingerprint density at radius 3 is 2.37 bits per heavy atom. The van der Waals surface area contributed by atoms with E-state index >= 15 is 0 Å². The molecular formula is C13H16F2N2O2. The average Bonchev–Trinajstić information content (AvgIpc) is 2.91. The summed E-state index contributed by atoms with van der Waals surface area (Å²) in [5.74, 6) is -2.45. The molecule has 0 unspecified atom stereocenters. The van der Waals surface area contributed by atoms with Crippen molar-refractivity contribution in [1.29, 1.82) is 0 Å². The van der Waals surface area contributed by atoms with Crippen molar-refractivity contribution in [1.82, 2.24) is 4.90 Å². The first-order chi connectivity index (χ1) is 9.11. The Kier molecular flexibility index (Phi) is 4.31.